The van der Waals surface area contributed by atoms with E-state index in [1.165, 1.54) is 12.5 Å². The molecule has 6 nitrogen and oxygen atoms in total. The molecule has 0 spiro atoms. The van der Waals surface area contributed by atoms with E-state index in [-0.39, 0.29) is 12.5 Å². The summed E-state index contributed by atoms with van der Waals surface area (Å²) in [6, 6.07) is 3.57. The summed E-state index contributed by atoms with van der Waals surface area (Å²) in [6.45, 7) is 1.55. The van der Waals surface area contributed by atoms with Crippen LogP contribution >= 0.6 is 0 Å². The Morgan fingerprint density at radius 1 is 1.50 bits per heavy atom. The predicted octanol–water partition coefficient (Wildman–Crippen LogP) is 1.92. The minimum atomic E-state index is -0.523. The molecule has 2 rings (SSSR count). The summed E-state index contributed by atoms with van der Waals surface area (Å²) in [5.74, 6) is 0.409. The largest absolute Gasteiger partial charge is 0.433 e. The molecule has 1 aliphatic rings. The number of nitro groups is 1. The van der Waals surface area contributed by atoms with Gasteiger partial charge in [-0.1, -0.05) is 6.42 Å². The zero-order chi connectivity index (χ0) is 13.0. The lowest BCUT2D eigenvalue weighted by molar-refractivity contribution is -0.402. The average Bonchev–Trinajstić information content (AvgIpc) is 2.72. The van der Waals surface area contributed by atoms with Crippen LogP contribution in [0.5, 0.6) is 0 Å². The van der Waals surface area contributed by atoms with Gasteiger partial charge in [0.1, 0.15) is 10.7 Å². The van der Waals surface area contributed by atoms with Gasteiger partial charge in [-0.3, -0.25) is 15.0 Å². The van der Waals surface area contributed by atoms with Crippen LogP contribution in [0, 0.1) is 10.1 Å². The van der Waals surface area contributed by atoms with Crippen molar-refractivity contribution in [3.8, 4) is 0 Å². The van der Waals surface area contributed by atoms with Crippen LogP contribution in [0.15, 0.2) is 16.5 Å². The van der Waals surface area contributed by atoms with Crippen LogP contribution in [-0.4, -0.2) is 34.1 Å². The lowest BCUT2D eigenvalue weighted by Gasteiger charge is -2.37. The molecular weight excluding hydrogens is 236 g/mol. The maximum Gasteiger partial charge on any atom is 0.433 e. The van der Waals surface area contributed by atoms with E-state index >= 15 is 0 Å². The van der Waals surface area contributed by atoms with Gasteiger partial charge in [-0.15, -0.1) is 0 Å². The van der Waals surface area contributed by atoms with Crippen molar-refractivity contribution in [2.45, 2.75) is 38.3 Å². The van der Waals surface area contributed by atoms with Gasteiger partial charge in [0.15, 0.2) is 0 Å². The van der Waals surface area contributed by atoms with Gasteiger partial charge in [0, 0.05) is 19.2 Å². The average molecular weight is 254 g/mol. The first-order valence-electron chi connectivity index (χ1n) is 6.28. The molecule has 1 aromatic rings. The van der Waals surface area contributed by atoms with E-state index in [0.29, 0.717) is 18.3 Å². The minimum absolute atomic E-state index is 0.168. The molecule has 100 valence electrons. The molecule has 1 fully saturated rings. The number of furan rings is 1. The van der Waals surface area contributed by atoms with E-state index in [9.17, 15) is 10.1 Å². The zero-order valence-electron chi connectivity index (χ0n) is 10.2. The highest BCUT2D eigenvalue weighted by Gasteiger charge is 2.25. The first-order valence-corrected chi connectivity index (χ1v) is 6.28. The van der Waals surface area contributed by atoms with E-state index in [1.807, 2.05) is 0 Å². The van der Waals surface area contributed by atoms with Gasteiger partial charge in [-0.25, -0.2) is 0 Å². The smallest absolute Gasteiger partial charge is 0.404 e. The maximum atomic E-state index is 10.5. The molecule has 1 aromatic heterocycles. The summed E-state index contributed by atoms with van der Waals surface area (Å²) in [5.41, 5.74) is 0. The molecule has 0 aromatic carbocycles. The predicted molar refractivity (Wildman–Crippen MR) is 65.1 cm³/mol. The fraction of sp³-hybridized carbons (Fsp3) is 0.667. The van der Waals surface area contributed by atoms with Crippen LogP contribution < -0.4 is 0 Å². The number of rotatable bonds is 7. The van der Waals surface area contributed by atoms with Crippen LogP contribution in [0.25, 0.3) is 0 Å². The van der Waals surface area contributed by atoms with Crippen molar-refractivity contribution in [2.75, 3.05) is 13.2 Å². The molecular formula is C12H18N2O4. The molecule has 1 saturated carbocycles. The second-order valence-corrected chi connectivity index (χ2v) is 4.63. The van der Waals surface area contributed by atoms with Crippen molar-refractivity contribution < 1.29 is 14.4 Å². The second-order valence-electron chi connectivity index (χ2n) is 4.63. The number of nitrogens with zero attached hydrogens (tertiary/aromatic N) is 2. The van der Waals surface area contributed by atoms with E-state index in [4.69, 9.17) is 9.52 Å². The van der Waals surface area contributed by atoms with Gasteiger partial charge in [0.2, 0.25) is 0 Å². The first-order chi connectivity index (χ1) is 8.70. The van der Waals surface area contributed by atoms with Crippen molar-refractivity contribution in [2.24, 2.45) is 0 Å². The number of aliphatic hydroxyl groups is 1. The lowest BCUT2D eigenvalue weighted by atomic mass is 9.91. The van der Waals surface area contributed by atoms with E-state index < -0.39 is 4.92 Å². The summed E-state index contributed by atoms with van der Waals surface area (Å²) in [4.78, 5) is 12.3. The molecule has 0 bridgehead atoms. The van der Waals surface area contributed by atoms with Gasteiger partial charge in [-0.2, -0.15) is 0 Å². The van der Waals surface area contributed by atoms with Gasteiger partial charge >= 0.3 is 5.88 Å². The van der Waals surface area contributed by atoms with E-state index in [0.717, 1.165) is 25.8 Å². The van der Waals surface area contributed by atoms with E-state index in [1.54, 1.807) is 6.07 Å². The fourth-order valence-corrected chi connectivity index (χ4v) is 2.17. The number of hydrogen-bond donors (Lipinski definition) is 1. The Morgan fingerprint density at radius 2 is 2.28 bits per heavy atom. The molecule has 18 heavy (non-hydrogen) atoms. The highest BCUT2D eigenvalue weighted by atomic mass is 16.6. The summed E-state index contributed by atoms with van der Waals surface area (Å²) in [7, 11) is 0. The lowest BCUT2D eigenvalue weighted by Crippen LogP contribution is -2.40. The Balaban J connectivity index is 1.95. The molecule has 0 radical (unpaired) electrons. The van der Waals surface area contributed by atoms with Crippen LogP contribution in [0.1, 0.15) is 31.4 Å². The third-order valence-electron chi connectivity index (χ3n) is 3.38. The summed E-state index contributed by atoms with van der Waals surface area (Å²) in [6.07, 6.45) is 4.28. The molecule has 0 amide bonds. The SMILES string of the molecule is O=[N+]([O-])c1ccc(CN(CCCO)C2CCC2)o1. The van der Waals surface area contributed by atoms with Crippen molar-refractivity contribution >= 4 is 5.88 Å². The Kier molecular flexibility index (Phi) is 4.33. The van der Waals surface area contributed by atoms with Crippen LogP contribution in [0.2, 0.25) is 0 Å². The number of hydrogen-bond acceptors (Lipinski definition) is 5. The monoisotopic (exact) mass is 254 g/mol. The quantitative estimate of drug-likeness (QED) is 0.594. The molecule has 0 saturated heterocycles. The topological polar surface area (TPSA) is 79.8 Å². The molecule has 6 heteroatoms. The molecule has 1 aliphatic carbocycles. The molecule has 0 unspecified atom stereocenters. The van der Waals surface area contributed by atoms with Crippen LogP contribution in [0.4, 0.5) is 5.88 Å². The van der Waals surface area contributed by atoms with Gasteiger partial charge in [-0.05, 0) is 25.3 Å². The molecule has 0 atom stereocenters. The Hall–Kier alpha value is -1.40. The Bertz CT molecular complexity index is 401. The van der Waals surface area contributed by atoms with Gasteiger partial charge in [0.25, 0.3) is 0 Å². The summed E-state index contributed by atoms with van der Waals surface area (Å²) >= 11 is 0. The van der Waals surface area contributed by atoms with Gasteiger partial charge in [0.05, 0.1) is 12.6 Å². The van der Waals surface area contributed by atoms with E-state index in [2.05, 4.69) is 4.90 Å². The van der Waals surface area contributed by atoms with Crippen molar-refractivity contribution in [1.29, 1.82) is 0 Å². The second kappa shape index (κ2) is 5.97. The Labute approximate surface area is 105 Å². The Morgan fingerprint density at radius 3 is 2.78 bits per heavy atom. The zero-order valence-corrected chi connectivity index (χ0v) is 10.2. The minimum Gasteiger partial charge on any atom is -0.404 e. The standard InChI is InChI=1S/C12H18N2O4/c15-8-2-7-13(10-3-1-4-10)9-11-5-6-12(18-11)14(16)17/h5-6,10,15H,1-4,7-9H2. The highest BCUT2D eigenvalue weighted by Crippen LogP contribution is 2.27. The van der Waals surface area contributed by atoms with Crippen molar-refractivity contribution in [3.05, 3.63) is 28.0 Å². The van der Waals surface area contributed by atoms with Crippen LogP contribution in [-0.2, 0) is 6.54 Å². The molecule has 0 aliphatic heterocycles. The fourth-order valence-electron chi connectivity index (χ4n) is 2.17. The normalized spacial score (nSPS) is 15.9. The van der Waals surface area contributed by atoms with Crippen LogP contribution in [0.3, 0.4) is 0 Å². The third kappa shape index (κ3) is 3.08. The molecule has 1 heterocycles. The third-order valence-corrected chi connectivity index (χ3v) is 3.38. The first kappa shape index (κ1) is 13.0. The van der Waals surface area contributed by atoms with Crippen molar-refractivity contribution in [3.63, 3.8) is 0 Å². The summed E-state index contributed by atoms with van der Waals surface area (Å²) in [5, 5.41) is 19.4. The van der Waals surface area contributed by atoms with Crippen molar-refractivity contribution in [1.82, 2.24) is 4.90 Å². The number of aliphatic hydroxyl groups excluding tert-OH is 1. The summed E-state index contributed by atoms with van der Waals surface area (Å²) < 4.78 is 5.17. The highest BCUT2D eigenvalue weighted by molar-refractivity contribution is 5.17. The van der Waals surface area contributed by atoms with Gasteiger partial charge < -0.3 is 9.52 Å². The maximum absolute atomic E-state index is 10.5. The molecule has 1 N–H and O–H groups in total.